The maximum absolute atomic E-state index is 12.8. The van der Waals surface area contributed by atoms with Crippen molar-refractivity contribution in [3.8, 4) is 0 Å². The van der Waals surface area contributed by atoms with Crippen LogP contribution in [0.5, 0.6) is 0 Å². The first kappa shape index (κ1) is 24.1. The molecule has 2 saturated heterocycles. The molecule has 1 aromatic rings. The fourth-order valence-corrected chi connectivity index (χ4v) is 4.44. The first-order chi connectivity index (χ1) is 14.8. The van der Waals surface area contributed by atoms with Gasteiger partial charge in [-0.15, -0.1) is 0 Å². The van der Waals surface area contributed by atoms with Gasteiger partial charge in [-0.3, -0.25) is 9.59 Å². The summed E-state index contributed by atoms with van der Waals surface area (Å²) in [6, 6.07) is 4.68. The molecule has 0 aromatic heterocycles. The normalized spacial score (nSPS) is 25.5. The van der Waals surface area contributed by atoms with Gasteiger partial charge in [0.15, 0.2) is 0 Å². The number of nitrogens with zero attached hydrogens (tertiary/aromatic N) is 3. The summed E-state index contributed by atoms with van der Waals surface area (Å²) >= 11 is 11.9. The van der Waals surface area contributed by atoms with Crippen molar-refractivity contribution in [1.82, 2.24) is 14.7 Å². The van der Waals surface area contributed by atoms with Gasteiger partial charge in [-0.05, 0) is 62.5 Å². The average Bonchev–Trinajstić information content (AvgIpc) is 2.74. The van der Waals surface area contributed by atoms with Crippen molar-refractivity contribution in [3.63, 3.8) is 0 Å². The number of aliphatic hydroxyl groups is 1. The van der Waals surface area contributed by atoms with Gasteiger partial charge in [-0.25, -0.2) is 0 Å². The molecule has 170 valence electrons. The Labute approximate surface area is 194 Å². The Hall–Kier alpha value is -1.60. The third-order valence-corrected chi connectivity index (χ3v) is 7.04. The van der Waals surface area contributed by atoms with Crippen molar-refractivity contribution >= 4 is 41.1 Å². The Morgan fingerprint density at radius 1 is 1.16 bits per heavy atom. The van der Waals surface area contributed by atoms with Crippen molar-refractivity contribution in [2.45, 2.75) is 38.8 Å². The number of hydrogen-bond donors (Lipinski definition) is 1. The van der Waals surface area contributed by atoms with E-state index in [4.69, 9.17) is 23.2 Å². The lowest BCUT2D eigenvalue weighted by Gasteiger charge is -2.39. The van der Waals surface area contributed by atoms with Crippen LogP contribution >= 0.6 is 23.2 Å². The number of benzene rings is 1. The largest absolute Gasteiger partial charge is 0.392 e. The summed E-state index contributed by atoms with van der Waals surface area (Å²) in [6.07, 6.45) is 4.77. The highest BCUT2D eigenvalue weighted by molar-refractivity contribution is 6.42. The first-order valence-corrected chi connectivity index (χ1v) is 11.6. The molecule has 2 aliphatic heterocycles. The summed E-state index contributed by atoms with van der Waals surface area (Å²) in [5, 5.41) is 10.9. The topological polar surface area (TPSA) is 64.1 Å². The molecule has 2 fully saturated rings. The van der Waals surface area contributed by atoms with Gasteiger partial charge < -0.3 is 19.8 Å². The highest BCUT2D eigenvalue weighted by atomic mass is 35.5. The number of halogens is 2. The molecule has 8 heteroatoms. The molecular weight excluding hydrogens is 437 g/mol. The first-order valence-electron chi connectivity index (χ1n) is 10.9. The predicted molar refractivity (Wildman–Crippen MR) is 124 cm³/mol. The highest BCUT2D eigenvalue weighted by Crippen LogP contribution is 2.23. The number of β-amino-alcohol motifs (C(OH)–C–C–N with tert-alkyl or cyclic N) is 1. The van der Waals surface area contributed by atoms with Crippen molar-refractivity contribution in [1.29, 1.82) is 0 Å². The second kappa shape index (κ2) is 10.8. The van der Waals surface area contributed by atoms with Crippen LogP contribution in [0.2, 0.25) is 10.0 Å². The standard InChI is InChI=1S/C23H31Cl2N3O3/c1-16-8-11-26(15-21(16)29)9-3-10-27-12-13-28(17(2)23(27)31)22(30)7-5-18-4-6-19(24)20(25)14-18/h4-7,14,16-17,21,29H,3,8-13,15H2,1-2H3/b7-5+/t16-,17?,21+/m0/s1. The van der Waals surface area contributed by atoms with Crippen LogP contribution in [0.3, 0.4) is 0 Å². The zero-order valence-electron chi connectivity index (χ0n) is 18.1. The Morgan fingerprint density at radius 2 is 1.94 bits per heavy atom. The molecular formula is C23H31Cl2N3O3. The SMILES string of the molecule is CC1C(=O)N(CCCN2CC[C@H](C)[C@H](O)C2)CCN1C(=O)/C=C/c1ccc(Cl)c(Cl)c1. The second-order valence-electron chi connectivity index (χ2n) is 8.53. The van der Waals surface area contributed by atoms with Crippen molar-refractivity contribution < 1.29 is 14.7 Å². The van der Waals surface area contributed by atoms with Crippen LogP contribution in [0.15, 0.2) is 24.3 Å². The molecule has 0 aliphatic carbocycles. The minimum atomic E-state index is -0.489. The fourth-order valence-electron chi connectivity index (χ4n) is 4.13. The van der Waals surface area contributed by atoms with Gasteiger partial charge in [0.25, 0.3) is 0 Å². The van der Waals surface area contributed by atoms with Gasteiger partial charge in [-0.1, -0.05) is 36.2 Å². The molecule has 0 spiro atoms. The van der Waals surface area contributed by atoms with Gasteiger partial charge in [-0.2, -0.15) is 0 Å². The van der Waals surface area contributed by atoms with E-state index >= 15 is 0 Å². The fraction of sp³-hybridized carbons (Fsp3) is 0.565. The summed E-state index contributed by atoms with van der Waals surface area (Å²) in [4.78, 5) is 31.2. The summed E-state index contributed by atoms with van der Waals surface area (Å²) in [5.41, 5.74) is 0.776. The monoisotopic (exact) mass is 467 g/mol. The number of hydrogen-bond acceptors (Lipinski definition) is 4. The van der Waals surface area contributed by atoms with Gasteiger partial charge in [0.2, 0.25) is 11.8 Å². The van der Waals surface area contributed by atoms with Gasteiger partial charge in [0, 0.05) is 32.3 Å². The van der Waals surface area contributed by atoms with E-state index in [0.29, 0.717) is 42.1 Å². The number of likely N-dealkylation sites (tertiary alicyclic amines) is 1. The molecule has 0 bridgehead atoms. The minimum Gasteiger partial charge on any atom is -0.392 e. The van der Waals surface area contributed by atoms with E-state index in [0.717, 1.165) is 31.5 Å². The van der Waals surface area contributed by atoms with Crippen LogP contribution < -0.4 is 0 Å². The van der Waals surface area contributed by atoms with E-state index in [9.17, 15) is 14.7 Å². The Bertz CT molecular complexity index is 832. The molecule has 2 aliphatic rings. The lowest BCUT2D eigenvalue weighted by molar-refractivity contribution is -0.148. The smallest absolute Gasteiger partial charge is 0.247 e. The number of carbonyl (C=O) groups is 2. The number of piperazine rings is 1. The zero-order chi connectivity index (χ0) is 22.5. The molecule has 2 amide bonds. The maximum atomic E-state index is 12.8. The molecule has 1 aromatic carbocycles. The number of aliphatic hydroxyl groups excluding tert-OH is 1. The minimum absolute atomic E-state index is 0.0187. The van der Waals surface area contributed by atoms with Crippen LogP contribution in [0, 0.1) is 5.92 Å². The van der Waals surface area contributed by atoms with E-state index < -0.39 is 6.04 Å². The summed E-state index contributed by atoms with van der Waals surface area (Å²) < 4.78 is 0. The Kier molecular flexibility index (Phi) is 8.39. The van der Waals surface area contributed by atoms with Crippen LogP contribution in [0.25, 0.3) is 6.08 Å². The number of rotatable bonds is 6. The molecule has 0 saturated carbocycles. The predicted octanol–water partition coefficient (Wildman–Crippen LogP) is 3.16. The molecule has 2 heterocycles. The van der Waals surface area contributed by atoms with Gasteiger partial charge in [0.05, 0.1) is 16.1 Å². The molecule has 1 unspecified atom stereocenters. The molecule has 1 N–H and O–H groups in total. The summed E-state index contributed by atoms with van der Waals surface area (Å²) in [7, 11) is 0. The number of amides is 2. The van der Waals surface area contributed by atoms with Crippen LogP contribution in [-0.4, -0.2) is 83.0 Å². The molecule has 6 nitrogen and oxygen atoms in total. The van der Waals surface area contributed by atoms with E-state index in [1.54, 1.807) is 36.1 Å². The molecule has 0 radical (unpaired) electrons. The van der Waals surface area contributed by atoms with E-state index in [2.05, 4.69) is 11.8 Å². The number of piperidine rings is 1. The zero-order valence-corrected chi connectivity index (χ0v) is 19.6. The highest BCUT2D eigenvalue weighted by Gasteiger charge is 2.33. The summed E-state index contributed by atoms with van der Waals surface area (Å²) in [5.74, 6) is 0.146. The Balaban J connectivity index is 1.47. The lowest BCUT2D eigenvalue weighted by atomic mass is 9.96. The quantitative estimate of drug-likeness (QED) is 0.652. The third-order valence-electron chi connectivity index (χ3n) is 6.30. The second-order valence-corrected chi connectivity index (χ2v) is 9.34. The number of carbonyl (C=O) groups excluding carboxylic acids is 2. The van der Waals surface area contributed by atoms with E-state index in [1.165, 1.54) is 6.08 Å². The maximum Gasteiger partial charge on any atom is 0.247 e. The summed E-state index contributed by atoms with van der Waals surface area (Å²) in [6.45, 7) is 8.16. The van der Waals surface area contributed by atoms with Crippen molar-refractivity contribution in [3.05, 3.63) is 39.9 Å². The molecule has 3 atom stereocenters. The van der Waals surface area contributed by atoms with Crippen molar-refractivity contribution in [2.24, 2.45) is 5.92 Å². The van der Waals surface area contributed by atoms with Crippen LogP contribution in [0.1, 0.15) is 32.3 Å². The van der Waals surface area contributed by atoms with E-state index in [-0.39, 0.29) is 17.9 Å². The lowest BCUT2D eigenvalue weighted by Crippen LogP contribution is -2.57. The average molecular weight is 468 g/mol. The Morgan fingerprint density at radius 3 is 2.65 bits per heavy atom. The van der Waals surface area contributed by atoms with Gasteiger partial charge >= 0.3 is 0 Å². The van der Waals surface area contributed by atoms with Crippen LogP contribution in [0.4, 0.5) is 0 Å². The molecule has 3 rings (SSSR count). The van der Waals surface area contributed by atoms with Crippen molar-refractivity contribution in [2.75, 3.05) is 39.3 Å². The van der Waals surface area contributed by atoms with E-state index in [1.807, 2.05) is 4.90 Å². The molecule has 31 heavy (non-hydrogen) atoms. The third kappa shape index (κ3) is 6.22. The van der Waals surface area contributed by atoms with Gasteiger partial charge in [0.1, 0.15) is 6.04 Å². The van der Waals surface area contributed by atoms with Crippen LogP contribution in [-0.2, 0) is 9.59 Å².